The van der Waals surface area contributed by atoms with Crippen LogP contribution in [0, 0.1) is 46.3 Å². The number of carbonyl (C=O) groups is 1. The molecule has 3 fully saturated rings. The Kier molecular flexibility index (Phi) is 6.06. The second-order valence-electron chi connectivity index (χ2n) is 12.7. The van der Waals surface area contributed by atoms with E-state index < -0.39 is 5.60 Å². The van der Waals surface area contributed by atoms with Gasteiger partial charge in [-0.15, -0.1) is 0 Å². The van der Waals surface area contributed by atoms with Crippen LogP contribution in [0.3, 0.4) is 0 Å². The molecule has 2 nitrogen and oxygen atoms in total. The van der Waals surface area contributed by atoms with Gasteiger partial charge in [0.2, 0.25) is 0 Å². The zero-order chi connectivity index (χ0) is 21.7. The smallest absolute Gasteiger partial charge is 0.151 e. The molecule has 0 bridgehead atoms. The van der Waals surface area contributed by atoms with Crippen molar-refractivity contribution >= 4 is 6.29 Å². The molecule has 4 aliphatic carbocycles. The van der Waals surface area contributed by atoms with E-state index in [-0.39, 0.29) is 5.41 Å². The average Bonchev–Trinajstić information content (AvgIpc) is 3.05. The van der Waals surface area contributed by atoms with Crippen molar-refractivity contribution in [2.45, 2.75) is 111 Å². The van der Waals surface area contributed by atoms with E-state index in [1.54, 1.807) is 0 Å². The summed E-state index contributed by atoms with van der Waals surface area (Å²) < 4.78 is 0. The second kappa shape index (κ2) is 8.05. The summed E-state index contributed by atoms with van der Waals surface area (Å²) in [5.74, 6) is 5.03. The predicted molar refractivity (Wildman–Crippen MR) is 124 cm³/mol. The third-order valence-electron chi connectivity index (χ3n) is 10.6. The molecule has 0 aromatic heterocycles. The van der Waals surface area contributed by atoms with Crippen LogP contribution in [-0.4, -0.2) is 17.0 Å². The summed E-state index contributed by atoms with van der Waals surface area (Å²) in [6.07, 6.45) is 16.4. The van der Waals surface area contributed by atoms with Gasteiger partial charge in [0.15, 0.2) is 6.29 Å². The summed E-state index contributed by atoms with van der Waals surface area (Å²) in [6.45, 7) is 12.4. The minimum absolute atomic E-state index is 0.209. The van der Waals surface area contributed by atoms with E-state index >= 15 is 0 Å². The molecule has 0 heterocycles. The molecule has 1 N–H and O–H groups in total. The van der Waals surface area contributed by atoms with E-state index in [9.17, 15) is 9.90 Å². The lowest BCUT2D eigenvalue weighted by Gasteiger charge is -2.59. The summed E-state index contributed by atoms with van der Waals surface area (Å²) in [6, 6.07) is 0. The van der Waals surface area contributed by atoms with Gasteiger partial charge in [-0.05, 0) is 91.3 Å². The SMILES string of the molecule is CC(C)CCC[C@@H](C)[C@H]1CC[C@H]2[C@@H]3CC=C4C[C@@](O)(C=O)CC[C@]4(C)[C@H]3CC[C@]12C. The Hall–Kier alpha value is -0.630. The van der Waals surface area contributed by atoms with Crippen LogP contribution in [0.1, 0.15) is 105 Å². The second-order valence-corrected chi connectivity index (χ2v) is 12.7. The number of carbonyl (C=O) groups excluding carboxylic acids is 1. The molecule has 4 rings (SSSR count). The first kappa shape index (κ1) is 22.6. The van der Waals surface area contributed by atoms with Gasteiger partial charge in [-0.1, -0.05) is 65.5 Å². The molecule has 0 aromatic rings. The number of aliphatic hydroxyl groups is 1. The van der Waals surface area contributed by atoms with E-state index in [1.807, 2.05) is 0 Å². The third-order valence-corrected chi connectivity index (χ3v) is 10.6. The quantitative estimate of drug-likeness (QED) is 0.377. The lowest BCUT2D eigenvalue weighted by molar-refractivity contribution is -0.129. The van der Waals surface area contributed by atoms with Gasteiger partial charge < -0.3 is 9.90 Å². The minimum atomic E-state index is -1.11. The molecule has 0 unspecified atom stereocenters. The Labute approximate surface area is 185 Å². The predicted octanol–water partition coefficient (Wildman–Crippen LogP) is 6.96. The molecular weight excluding hydrogens is 368 g/mol. The molecule has 8 atom stereocenters. The van der Waals surface area contributed by atoms with E-state index in [0.29, 0.717) is 18.3 Å². The van der Waals surface area contributed by atoms with Gasteiger partial charge in [0.05, 0.1) is 0 Å². The number of aldehydes is 1. The number of hydrogen-bond donors (Lipinski definition) is 1. The first-order chi connectivity index (χ1) is 14.1. The van der Waals surface area contributed by atoms with Gasteiger partial charge in [-0.3, -0.25) is 0 Å². The summed E-state index contributed by atoms with van der Waals surface area (Å²) in [5, 5.41) is 10.6. The van der Waals surface area contributed by atoms with Crippen LogP contribution in [-0.2, 0) is 4.79 Å². The minimum Gasteiger partial charge on any atom is -0.382 e. The van der Waals surface area contributed by atoms with Crippen molar-refractivity contribution in [3.8, 4) is 0 Å². The van der Waals surface area contributed by atoms with E-state index in [2.05, 4.69) is 40.7 Å². The van der Waals surface area contributed by atoms with Crippen molar-refractivity contribution < 1.29 is 9.90 Å². The molecular formula is C28H46O2. The van der Waals surface area contributed by atoms with Crippen LogP contribution in [0.5, 0.6) is 0 Å². The molecule has 0 aromatic carbocycles. The van der Waals surface area contributed by atoms with Crippen LogP contribution in [0.4, 0.5) is 0 Å². The molecule has 4 aliphatic rings. The Morgan fingerprint density at radius 2 is 1.83 bits per heavy atom. The van der Waals surface area contributed by atoms with Crippen LogP contribution in [0.2, 0.25) is 0 Å². The zero-order valence-corrected chi connectivity index (χ0v) is 20.3. The van der Waals surface area contributed by atoms with Crippen molar-refractivity contribution in [3.05, 3.63) is 11.6 Å². The fourth-order valence-electron chi connectivity index (χ4n) is 8.80. The first-order valence-corrected chi connectivity index (χ1v) is 13.0. The highest BCUT2D eigenvalue weighted by molar-refractivity contribution is 5.63. The summed E-state index contributed by atoms with van der Waals surface area (Å²) in [4.78, 5) is 11.5. The Morgan fingerprint density at radius 1 is 1.07 bits per heavy atom. The standard InChI is InChI=1S/C28H46O2/c1-19(2)7-6-8-20(3)23-11-12-24-22-10-9-21-17-28(30,18-29)16-15-26(21,4)25(22)13-14-27(23,24)5/h9,18-20,22-25,30H,6-8,10-17H2,1-5H3/t20-,22+,23-,24+,25+,26+,27-,28-/m1/s1. The Bertz CT molecular complexity index is 680. The lowest BCUT2D eigenvalue weighted by atomic mass is 9.46. The van der Waals surface area contributed by atoms with Gasteiger partial charge in [-0.25, -0.2) is 0 Å². The van der Waals surface area contributed by atoms with Gasteiger partial charge in [0.25, 0.3) is 0 Å². The van der Waals surface area contributed by atoms with Gasteiger partial charge in [0.1, 0.15) is 5.60 Å². The highest BCUT2D eigenvalue weighted by Crippen LogP contribution is 2.67. The highest BCUT2D eigenvalue weighted by Gasteiger charge is 2.59. The van der Waals surface area contributed by atoms with Crippen molar-refractivity contribution in [3.63, 3.8) is 0 Å². The molecule has 0 spiro atoms. The maximum absolute atomic E-state index is 11.5. The number of allylic oxidation sites excluding steroid dienone is 1. The van der Waals surface area contributed by atoms with Crippen LogP contribution < -0.4 is 0 Å². The molecule has 0 saturated heterocycles. The monoisotopic (exact) mass is 414 g/mol. The molecule has 2 heteroatoms. The molecule has 170 valence electrons. The fourth-order valence-corrected chi connectivity index (χ4v) is 8.80. The topological polar surface area (TPSA) is 37.3 Å². The third kappa shape index (κ3) is 3.63. The van der Waals surface area contributed by atoms with Crippen molar-refractivity contribution in [2.75, 3.05) is 0 Å². The number of hydrogen-bond acceptors (Lipinski definition) is 2. The van der Waals surface area contributed by atoms with Crippen LogP contribution in [0.25, 0.3) is 0 Å². The average molecular weight is 415 g/mol. The molecule has 3 saturated carbocycles. The maximum atomic E-state index is 11.5. The molecule has 0 radical (unpaired) electrons. The highest BCUT2D eigenvalue weighted by atomic mass is 16.3. The van der Waals surface area contributed by atoms with E-state index in [0.717, 1.165) is 48.2 Å². The van der Waals surface area contributed by atoms with Gasteiger partial charge in [0, 0.05) is 6.42 Å². The summed E-state index contributed by atoms with van der Waals surface area (Å²) in [7, 11) is 0. The normalized spacial score (nSPS) is 46.6. The molecule has 0 amide bonds. The fraction of sp³-hybridized carbons (Fsp3) is 0.893. The van der Waals surface area contributed by atoms with E-state index in [1.165, 1.54) is 56.9 Å². The molecule has 30 heavy (non-hydrogen) atoms. The van der Waals surface area contributed by atoms with Gasteiger partial charge in [-0.2, -0.15) is 0 Å². The van der Waals surface area contributed by atoms with Crippen LogP contribution in [0.15, 0.2) is 11.6 Å². The lowest BCUT2D eigenvalue weighted by Crippen LogP contribution is -2.52. The Balaban J connectivity index is 1.50. The largest absolute Gasteiger partial charge is 0.382 e. The number of fused-ring (bicyclic) bond motifs is 5. The maximum Gasteiger partial charge on any atom is 0.151 e. The van der Waals surface area contributed by atoms with Crippen molar-refractivity contribution in [2.24, 2.45) is 46.3 Å². The van der Waals surface area contributed by atoms with E-state index in [4.69, 9.17) is 0 Å². The van der Waals surface area contributed by atoms with Crippen molar-refractivity contribution in [1.82, 2.24) is 0 Å². The molecule has 0 aliphatic heterocycles. The van der Waals surface area contributed by atoms with Gasteiger partial charge >= 0.3 is 0 Å². The first-order valence-electron chi connectivity index (χ1n) is 13.0. The Morgan fingerprint density at radius 3 is 2.53 bits per heavy atom. The van der Waals surface area contributed by atoms with Crippen molar-refractivity contribution in [1.29, 1.82) is 0 Å². The summed E-state index contributed by atoms with van der Waals surface area (Å²) >= 11 is 0. The number of rotatable bonds is 6. The summed E-state index contributed by atoms with van der Waals surface area (Å²) in [5.41, 5.74) is 1.02. The van der Waals surface area contributed by atoms with Crippen LogP contribution >= 0.6 is 0 Å². The zero-order valence-electron chi connectivity index (χ0n) is 20.3.